The lowest BCUT2D eigenvalue weighted by molar-refractivity contribution is 0.0240. The average molecular weight is 559 g/mol. The molecule has 1 aromatic heterocycles. The van der Waals surface area contributed by atoms with E-state index < -0.39 is 15.4 Å². The maximum atomic E-state index is 12.3. The summed E-state index contributed by atoms with van der Waals surface area (Å²) in [7, 11) is -3.60. The highest BCUT2D eigenvalue weighted by Gasteiger charge is 2.27. The van der Waals surface area contributed by atoms with Gasteiger partial charge < -0.3 is 19.9 Å². The molecule has 0 radical (unpaired) electrons. The fourth-order valence-electron chi connectivity index (χ4n) is 2.93. The van der Waals surface area contributed by atoms with E-state index in [1.807, 2.05) is 49.9 Å². The van der Waals surface area contributed by atoms with Crippen molar-refractivity contribution in [1.29, 1.82) is 0 Å². The predicted octanol–water partition coefficient (Wildman–Crippen LogP) is 3.29. The van der Waals surface area contributed by atoms with E-state index in [0.717, 1.165) is 15.5 Å². The Hall–Kier alpha value is -2.15. The van der Waals surface area contributed by atoms with Crippen molar-refractivity contribution < 1.29 is 17.9 Å². The number of piperazine rings is 1. The molecule has 1 saturated heterocycles. The molecule has 3 rings (SSSR count). The molecule has 11 heteroatoms. The third kappa shape index (κ3) is 6.66. The Morgan fingerprint density at radius 3 is 2.26 bits per heavy atom. The second-order valence-electron chi connectivity index (χ2n) is 8.25. The van der Waals surface area contributed by atoms with E-state index in [4.69, 9.17) is 4.74 Å². The van der Waals surface area contributed by atoms with Gasteiger partial charge in [-0.25, -0.2) is 23.2 Å². The smallest absolute Gasteiger partial charge is 0.410 e. The maximum Gasteiger partial charge on any atom is 0.410 e. The van der Waals surface area contributed by atoms with Crippen LogP contribution < -0.4 is 10.2 Å². The van der Waals surface area contributed by atoms with Gasteiger partial charge in [-0.1, -0.05) is 0 Å². The van der Waals surface area contributed by atoms with Crippen molar-refractivity contribution in [2.24, 2.45) is 0 Å². The molecule has 2 aromatic rings. The molecule has 0 atom stereocenters. The van der Waals surface area contributed by atoms with E-state index in [2.05, 4.69) is 37.9 Å². The number of halogens is 1. The molecule has 0 unspecified atom stereocenters. The highest BCUT2D eigenvalue weighted by Crippen LogP contribution is 2.23. The molecule has 0 saturated carbocycles. The molecule has 168 valence electrons. The number of carbonyl (C=O) groups excluding carboxylic acids is 1. The topological polar surface area (TPSA) is 105 Å². The van der Waals surface area contributed by atoms with Crippen LogP contribution in [0, 0.1) is 3.57 Å². The van der Waals surface area contributed by atoms with Gasteiger partial charge in [0.1, 0.15) is 17.2 Å². The van der Waals surface area contributed by atoms with Crippen molar-refractivity contribution in [2.45, 2.75) is 31.5 Å². The van der Waals surface area contributed by atoms with Crippen molar-refractivity contribution in [3.05, 3.63) is 33.9 Å². The van der Waals surface area contributed by atoms with Crippen molar-refractivity contribution >= 4 is 55.8 Å². The summed E-state index contributed by atoms with van der Waals surface area (Å²) in [6.07, 6.45) is 0.731. The van der Waals surface area contributed by atoms with Gasteiger partial charge in [-0.15, -0.1) is 0 Å². The van der Waals surface area contributed by atoms with Crippen LogP contribution in [-0.4, -0.2) is 67.4 Å². The highest BCUT2D eigenvalue weighted by atomic mass is 127. The molecule has 1 fully saturated rings. The molecule has 1 N–H and O–H groups in total. The third-order valence-electron chi connectivity index (χ3n) is 4.40. The van der Waals surface area contributed by atoms with Crippen molar-refractivity contribution in [1.82, 2.24) is 14.9 Å². The predicted molar refractivity (Wildman–Crippen MR) is 128 cm³/mol. The molecule has 1 amide bonds. The van der Waals surface area contributed by atoms with Crippen LogP contribution >= 0.6 is 22.6 Å². The maximum absolute atomic E-state index is 12.3. The lowest BCUT2D eigenvalue weighted by atomic mass is 10.2. The summed E-state index contributed by atoms with van der Waals surface area (Å²) in [5, 5.41) is 2.90. The van der Waals surface area contributed by atoms with Gasteiger partial charge in [0.2, 0.25) is 9.84 Å². The van der Waals surface area contributed by atoms with Gasteiger partial charge in [-0.3, -0.25) is 0 Å². The second-order valence-corrected chi connectivity index (χ2v) is 11.4. The number of hydrogen-bond donors (Lipinski definition) is 1. The summed E-state index contributed by atoms with van der Waals surface area (Å²) in [4.78, 5) is 24.3. The molecular weight excluding hydrogens is 533 g/mol. The van der Waals surface area contributed by atoms with Gasteiger partial charge in [0.05, 0.1) is 0 Å². The van der Waals surface area contributed by atoms with Crippen LogP contribution in [0.4, 0.5) is 22.1 Å². The zero-order chi connectivity index (χ0) is 22.8. The molecule has 0 aliphatic carbocycles. The molecule has 31 heavy (non-hydrogen) atoms. The quantitative estimate of drug-likeness (QED) is 0.450. The number of carbonyl (C=O) groups is 1. The summed E-state index contributed by atoms with van der Waals surface area (Å²) >= 11 is 2.21. The number of nitrogens with zero attached hydrogens (tertiary/aromatic N) is 4. The third-order valence-corrected chi connectivity index (χ3v) is 5.96. The first-order chi connectivity index (χ1) is 14.4. The van der Waals surface area contributed by atoms with E-state index in [1.165, 1.54) is 0 Å². The van der Waals surface area contributed by atoms with E-state index in [-0.39, 0.29) is 11.2 Å². The minimum Gasteiger partial charge on any atom is -0.444 e. The minimum atomic E-state index is -3.60. The average Bonchev–Trinajstić information content (AvgIpc) is 2.68. The number of rotatable bonds is 4. The first kappa shape index (κ1) is 23.5. The Morgan fingerprint density at radius 1 is 1.10 bits per heavy atom. The number of aromatic nitrogens is 2. The van der Waals surface area contributed by atoms with Crippen LogP contribution in [0.5, 0.6) is 0 Å². The van der Waals surface area contributed by atoms with Gasteiger partial charge in [0, 0.05) is 47.8 Å². The Morgan fingerprint density at radius 2 is 1.71 bits per heavy atom. The van der Waals surface area contributed by atoms with Crippen LogP contribution in [0.3, 0.4) is 0 Å². The van der Waals surface area contributed by atoms with Crippen molar-refractivity contribution in [2.75, 3.05) is 42.7 Å². The normalized spacial score (nSPS) is 15.0. The van der Waals surface area contributed by atoms with Gasteiger partial charge in [0.25, 0.3) is 5.16 Å². The zero-order valence-electron chi connectivity index (χ0n) is 17.9. The lowest BCUT2D eigenvalue weighted by Gasteiger charge is -2.36. The number of anilines is 3. The minimum absolute atomic E-state index is 0.243. The number of sulfone groups is 1. The van der Waals surface area contributed by atoms with Gasteiger partial charge in [-0.05, 0) is 67.6 Å². The fraction of sp³-hybridized carbons (Fsp3) is 0.450. The Balaban J connectivity index is 1.79. The Bertz CT molecular complexity index is 1050. The molecule has 1 aliphatic rings. The summed E-state index contributed by atoms with van der Waals surface area (Å²) in [6.45, 7) is 7.40. The number of ether oxygens (including phenoxy) is 1. The van der Waals surface area contributed by atoms with Crippen LogP contribution in [0.25, 0.3) is 0 Å². The number of amides is 1. The van der Waals surface area contributed by atoms with Crippen LogP contribution in [0.15, 0.2) is 35.5 Å². The molecule has 9 nitrogen and oxygen atoms in total. The standard InChI is InChI=1S/C20H26IN5O4S/c1-20(2,3)30-19(27)26-11-9-25(10-12-26)17-13-16(23-18(24-17)31(4,28)29)22-15-7-5-14(21)6-8-15/h5-8,13H,9-12H2,1-4H3,(H,22,23,24). The van der Waals surface area contributed by atoms with Crippen molar-refractivity contribution in [3.8, 4) is 0 Å². The highest BCUT2D eigenvalue weighted by molar-refractivity contribution is 14.1. The first-order valence-electron chi connectivity index (χ1n) is 9.75. The van der Waals surface area contributed by atoms with Gasteiger partial charge in [0.15, 0.2) is 0 Å². The van der Waals surface area contributed by atoms with E-state index in [9.17, 15) is 13.2 Å². The summed E-state index contributed by atoms with van der Waals surface area (Å²) in [5.74, 6) is 0.883. The van der Waals surface area contributed by atoms with Crippen LogP contribution in [0.1, 0.15) is 20.8 Å². The first-order valence-corrected chi connectivity index (χ1v) is 12.7. The van der Waals surface area contributed by atoms with E-state index >= 15 is 0 Å². The fourth-order valence-corrected chi connectivity index (χ4v) is 3.81. The molecular formula is C20H26IN5O4S. The summed E-state index contributed by atoms with van der Waals surface area (Å²) in [6, 6.07) is 9.39. The summed E-state index contributed by atoms with van der Waals surface area (Å²) in [5.41, 5.74) is 0.237. The number of benzene rings is 1. The Kier molecular flexibility index (Phi) is 6.94. The van der Waals surface area contributed by atoms with Crippen molar-refractivity contribution in [3.63, 3.8) is 0 Å². The van der Waals surface area contributed by atoms with Crippen LogP contribution in [-0.2, 0) is 14.6 Å². The molecule has 0 bridgehead atoms. The second kappa shape index (κ2) is 9.15. The zero-order valence-corrected chi connectivity index (χ0v) is 20.9. The SMILES string of the molecule is CC(C)(C)OC(=O)N1CCN(c2cc(Nc3ccc(I)cc3)nc(S(C)(=O)=O)n2)CC1. The summed E-state index contributed by atoms with van der Waals surface area (Å²) < 4.78 is 30.8. The molecule has 0 spiro atoms. The van der Waals surface area contributed by atoms with Gasteiger partial charge in [-0.2, -0.15) is 0 Å². The van der Waals surface area contributed by atoms with E-state index in [0.29, 0.717) is 37.8 Å². The lowest BCUT2D eigenvalue weighted by Crippen LogP contribution is -2.50. The van der Waals surface area contributed by atoms with Gasteiger partial charge >= 0.3 is 6.09 Å². The molecule has 2 heterocycles. The largest absolute Gasteiger partial charge is 0.444 e. The van der Waals surface area contributed by atoms with Crippen LogP contribution in [0.2, 0.25) is 0 Å². The van der Waals surface area contributed by atoms with E-state index in [1.54, 1.807) is 11.0 Å². The Labute approximate surface area is 196 Å². The molecule has 1 aliphatic heterocycles. The monoisotopic (exact) mass is 559 g/mol. The molecule has 1 aromatic carbocycles. The number of nitrogens with one attached hydrogen (secondary N) is 1. The number of hydrogen-bond acceptors (Lipinski definition) is 8.